The van der Waals surface area contributed by atoms with Crippen LogP contribution in [0.4, 0.5) is 13.2 Å². The fraction of sp³-hybridized carbons (Fsp3) is 0.273. The van der Waals surface area contributed by atoms with Gasteiger partial charge < -0.3 is 9.84 Å². The van der Waals surface area contributed by atoms with Crippen molar-refractivity contribution in [2.24, 2.45) is 0 Å². The van der Waals surface area contributed by atoms with Gasteiger partial charge in [0.05, 0.1) is 18.1 Å². The summed E-state index contributed by atoms with van der Waals surface area (Å²) in [5.41, 5.74) is 0.270. The lowest BCUT2D eigenvalue weighted by molar-refractivity contribution is -0.274. The van der Waals surface area contributed by atoms with Crippen LogP contribution in [0.5, 0.6) is 5.75 Å². The number of carboxylic acids is 1. The lowest BCUT2D eigenvalue weighted by Gasteiger charge is -2.12. The molecule has 0 radical (unpaired) electrons. The van der Waals surface area contributed by atoms with Gasteiger partial charge in [-0.05, 0) is 30.2 Å². The summed E-state index contributed by atoms with van der Waals surface area (Å²) in [6.45, 7) is 1.41. The van der Waals surface area contributed by atoms with Gasteiger partial charge in [0.2, 0.25) is 0 Å². The number of hydrogen-bond donors (Lipinski definition) is 1. The van der Waals surface area contributed by atoms with Gasteiger partial charge in [-0.3, -0.25) is 4.79 Å². The zero-order valence-corrected chi connectivity index (χ0v) is 9.21. The predicted octanol–water partition coefficient (Wildman–Crippen LogP) is 2.39. The molecule has 0 heterocycles. The zero-order valence-electron chi connectivity index (χ0n) is 9.21. The number of alkyl halides is 3. The molecule has 0 aliphatic carbocycles. The van der Waals surface area contributed by atoms with Crippen LogP contribution < -0.4 is 4.74 Å². The van der Waals surface area contributed by atoms with E-state index in [4.69, 9.17) is 10.4 Å². The SMILES string of the molecule is Cc1cc(OC(F)(F)F)cc(CC(=O)O)c1C#N. The van der Waals surface area contributed by atoms with Gasteiger partial charge in [-0.25, -0.2) is 0 Å². The minimum absolute atomic E-state index is 0.00995. The molecule has 0 saturated carbocycles. The van der Waals surface area contributed by atoms with Crippen LogP contribution in [0.2, 0.25) is 0 Å². The standard InChI is InChI=1S/C11H8F3NO3/c1-6-2-8(18-11(12,13)14)3-7(4-10(16)17)9(6)5-15/h2-3H,4H2,1H3,(H,16,17). The highest BCUT2D eigenvalue weighted by Gasteiger charge is 2.31. The number of aryl methyl sites for hydroxylation is 1. The first-order valence-electron chi connectivity index (χ1n) is 4.74. The number of ether oxygens (including phenoxy) is 1. The van der Waals surface area contributed by atoms with Crippen molar-refractivity contribution in [3.8, 4) is 11.8 Å². The van der Waals surface area contributed by atoms with Crippen molar-refractivity contribution in [1.29, 1.82) is 5.26 Å². The highest BCUT2D eigenvalue weighted by molar-refractivity contribution is 5.72. The summed E-state index contributed by atoms with van der Waals surface area (Å²) in [5.74, 6) is -1.77. The third-order valence-electron chi connectivity index (χ3n) is 2.08. The van der Waals surface area contributed by atoms with E-state index in [2.05, 4.69) is 4.74 Å². The molecule has 7 heteroatoms. The molecule has 0 aliphatic rings. The monoisotopic (exact) mass is 259 g/mol. The summed E-state index contributed by atoms with van der Waals surface area (Å²) in [5, 5.41) is 17.5. The maximum absolute atomic E-state index is 12.0. The van der Waals surface area contributed by atoms with E-state index in [1.54, 1.807) is 6.07 Å². The van der Waals surface area contributed by atoms with Gasteiger partial charge in [0.1, 0.15) is 5.75 Å². The Bertz CT molecular complexity index is 517. The van der Waals surface area contributed by atoms with Crippen LogP contribution in [0.3, 0.4) is 0 Å². The zero-order chi connectivity index (χ0) is 13.9. The summed E-state index contributed by atoms with van der Waals surface area (Å²) in [7, 11) is 0. The Labute approximate surface area is 100 Å². The Kier molecular flexibility index (Phi) is 3.81. The van der Waals surface area contributed by atoms with Crippen LogP contribution >= 0.6 is 0 Å². The van der Waals surface area contributed by atoms with Crippen LogP contribution in [-0.4, -0.2) is 17.4 Å². The number of nitrogens with zero attached hydrogens (tertiary/aromatic N) is 1. The molecule has 4 nitrogen and oxygen atoms in total. The third-order valence-corrected chi connectivity index (χ3v) is 2.08. The normalized spacial score (nSPS) is 10.8. The number of benzene rings is 1. The fourth-order valence-electron chi connectivity index (χ4n) is 1.48. The highest BCUT2D eigenvalue weighted by atomic mass is 19.4. The maximum atomic E-state index is 12.0. The molecule has 0 bridgehead atoms. The summed E-state index contributed by atoms with van der Waals surface area (Å²) in [6, 6.07) is 3.71. The molecule has 1 N–H and O–H groups in total. The van der Waals surface area contributed by atoms with Gasteiger partial charge in [0.25, 0.3) is 0 Å². The second-order valence-electron chi connectivity index (χ2n) is 3.50. The number of halogens is 3. The summed E-state index contributed by atoms with van der Waals surface area (Å²) in [4.78, 5) is 10.6. The molecule has 18 heavy (non-hydrogen) atoms. The van der Waals surface area contributed by atoms with Crippen molar-refractivity contribution < 1.29 is 27.8 Å². The minimum Gasteiger partial charge on any atom is -0.481 e. The molecule has 0 aliphatic heterocycles. The minimum atomic E-state index is -4.86. The molecule has 0 atom stereocenters. The van der Waals surface area contributed by atoms with Crippen LogP contribution in [0, 0.1) is 18.3 Å². The molecule has 0 aromatic heterocycles. The first-order valence-corrected chi connectivity index (χ1v) is 4.74. The first kappa shape index (κ1) is 13.8. The Morgan fingerprint density at radius 2 is 2.11 bits per heavy atom. The Morgan fingerprint density at radius 1 is 1.50 bits per heavy atom. The third kappa shape index (κ3) is 3.66. The van der Waals surface area contributed by atoms with E-state index in [0.717, 1.165) is 12.1 Å². The summed E-state index contributed by atoms with van der Waals surface area (Å²) >= 11 is 0. The van der Waals surface area contributed by atoms with E-state index < -0.39 is 24.5 Å². The predicted molar refractivity (Wildman–Crippen MR) is 53.9 cm³/mol. The van der Waals surface area contributed by atoms with Crippen molar-refractivity contribution in [2.45, 2.75) is 19.7 Å². The molecule has 1 rings (SSSR count). The molecular weight excluding hydrogens is 251 g/mol. The van der Waals surface area contributed by atoms with E-state index >= 15 is 0 Å². The number of carboxylic acid groups (broad SMARTS) is 1. The number of aliphatic carboxylic acids is 1. The van der Waals surface area contributed by atoms with E-state index in [0.29, 0.717) is 0 Å². The smallest absolute Gasteiger partial charge is 0.481 e. The number of carbonyl (C=O) groups is 1. The van der Waals surface area contributed by atoms with Crippen LogP contribution in [0.1, 0.15) is 16.7 Å². The van der Waals surface area contributed by atoms with Gasteiger partial charge in [0.15, 0.2) is 0 Å². The number of hydrogen-bond acceptors (Lipinski definition) is 3. The quantitative estimate of drug-likeness (QED) is 0.904. The van der Waals surface area contributed by atoms with E-state index in [9.17, 15) is 18.0 Å². The lowest BCUT2D eigenvalue weighted by atomic mass is 10.00. The van der Waals surface area contributed by atoms with Crippen molar-refractivity contribution in [3.05, 3.63) is 28.8 Å². The van der Waals surface area contributed by atoms with Gasteiger partial charge in [-0.1, -0.05) is 0 Å². The molecule has 0 fully saturated rings. The van der Waals surface area contributed by atoms with E-state index in [-0.39, 0.29) is 16.7 Å². The van der Waals surface area contributed by atoms with Gasteiger partial charge >= 0.3 is 12.3 Å². The van der Waals surface area contributed by atoms with Crippen LogP contribution in [0.15, 0.2) is 12.1 Å². The van der Waals surface area contributed by atoms with Crippen molar-refractivity contribution >= 4 is 5.97 Å². The summed E-state index contributed by atoms with van der Waals surface area (Å²) < 4.78 is 39.8. The van der Waals surface area contributed by atoms with Crippen molar-refractivity contribution in [3.63, 3.8) is 0 Å². The Morgan fingerprint density at radius 3 is 2.56 bits per heavy atom. The molecule has 0 unspecified atom stereocenters. The van der Waals surface area contributed by atoms with Crippen molar-refractivity contribution in [2.75, 3.05) is 0 Å². The first-order chi connectivity index (χ1) is 8.23. The topological polar surface area (TPSA) is 70.3 Å². The molecule has 1 aromatic rings. The second kappa shape index (κ2) is 4.96. The molecule has 1 aromatic carbocycles. The van der Waals surface area contributed by atoms with Crippen LogP contribution in [-0.2, 0) is 11.2 Å². The van der Waals surface area contributed by atoms with Gasteiger partial charge in [-0.15, -0.1) is 13.2 Å². The summed E-state index contributed by atoms with van der Waals surface area (Å²) in [6.07, 6.45) is -5.40. The Balaban J connectivity index is 3.22. The average molecular weight is 259 g/mol. The molecule has 0 spiro atoms. The molecule has 0 amide bonds. The van der Waals surface area contributed by atoms with E-state index in [1.165, 1.54) is 6.92 Å². The van der Waals surface area contributed by atoms with Gasteiger partial charge in [0, 0.05) is 0 Å². The molecule has 96 valence electrons. The molecular formula is C11H8F3NO3. The second-order valence-corrected chi connectivity index (χ2v) is 3.50. The van der Waals surface area contributed by atoms with Crippen molar-refractivity contribution in [1.82, 2.24) is 0 Å². The van der Waals surface area contributed by atoms with Crippen LogP contribution in [0.25, 0.3) is 0 Å². The van der Waals surface area contributed by atoms with E-state index in [1.807, 2.05) is 0 Å². The maximum Gasteiger partial charge on any atom is 0.573 e. The molecule has 0 saturated heterocycles. The lowest BCUT2D eigenvalue weighted by Crippen LogP contribution is -2.17. The highest BCUT2D eigenvalue weighted by Crippen LogP contribution is 2.27. The largest absolute Gasteiger partial charge is 0.573 e. The fourth-order valence-corrected chi connectivity index (χ4v) is 1.48. The van der Waals surface area contributed by atoms with Gasteiger partial charge in [-0.2, -0.15) is 5.26 Å². The number of rotatable bonds is 3. The Hall–Kier alpha value is -2.23. The number of nitriles is 1. The average Bonchev–Trinajstić information content (AvgIpc) is 2.13.